The molecule has 0 fully saturated rings. The molecule has 0 aliphatic carbocycles. The van der Waals surface area contributed by atoms with Gasteiger partial charge in [0.25, 0.3) is 6.43 Å². The van der Waals surface area contributed by atoms with Crippen LogP contribution in [0.5, 0.6) is 0 Å². The molecule has 0 bridgehead atoms. The second-order valence-corrected chi connectivity index (χ2v) is 4.33. The fraction of sp³-hybridized carbons (Fsp3) is 1.00. The van der Waals surface area contributed by atoms with Crippen molar-refractivity contribution >= 4 is 0 Å². The molecule has 17 heteroatoms. The van der Waals surface area contributed by atoms with E-state index in [1.165, 1.54) is 0 Å². The third-order valence-corrected chi connectivity index (χ3v) is 2.92. The van der Waals surface area contributed by atoms with E-state index in [1.807, 2.05) is 0 Å². The summed E-state index contributed by atoms with van der Waals surface area (Å²) in [6, 6.07) is 0. The molecule has 0 saturated heterocycles. The average molecular weight is 420 g/mol. The van der Waals surface area contributed by atoms with Crippen LogP contribution in [0.25, 0.3) is 0 Å². The van der Waals surface area contributed by atoms with Gasteiger partial charge < -0.3 is 0 Å². The number of alkyl halides is 17. The first kappa shape index (κ1) is 23.8. The highest BCUT2D eigenvalue weighted by molar-refractivity contribution is 5.18. The highest BCUT2D eigenvalue weighted by atomic mass is 19.4. The molecule has 0 N–H and O–H groups in total. The van der Waals surface area contributed by atoms with Crippen molar-refractivity contribution < 1.29 is 74.6 Å². The Balaban J connectivity index is 7.42. The Morgan fingerprint density at radius 3 is 0.760 bits per heavy atom. The predicted molar refractivity (Wildman–Crippen MR) is 41.4 cm³/mol. The fourth-order valence-electron chi connectivity index (χ4n) is 1.73. The van der Waals surface area contributed by atoms with Gasteiger partial charge in [0.1, 0.15) is 0 Å². The summed E-state index contributed by atoms with van der Waals surface area (Å²) in [4.78, 5) is 0. The van der Waals surface area contributed by atoms with Crippen molar-refractivity contribution in [1.82, 2.24) is 0 Å². The van der Waals surface area contributed by atoms with E-state index in [-0.39, 0.29) is 0 Å². The molecule has 0 nitrogen and oxygen atoms in total. The Hall–Kier alpha value is -1.19. The van der Waals surface area contributed by atoms with Gasteiger partial charge in [0.15, 0.2) is 0 Å². The summed E-state index contributed by atoms with van der Waals surface area (Å²) in [5, 5.41) is 0. The van der Waals surface area contributed by atoms with Gasteiger partial charge in [-0.2, -0.15) is 52.7 Å². The lowest BCUT2D eigenvalue weighted by molar-refractivity contribution is -0.505. The van der Waals surface area contributed by atoms with E-state index in [2.05, 4.69) is 0 Å². The first-order valence-corrected chi connectivity index (χ1v) is 5.06. The quantitative estimate of drug-likeness (QED) is 0.505. The minimum atomic E-state index is -8.79. The molecule has 0 amide bonds. The molecule has 0 heterocycles. The van der Waals surface area contributed by atoms with Gasteiger partial charge in [-0.15, -0.1) is 0 Å². The molecule has 0 aliphatic rings. The van der Waals surface area contributed by atoms with Crippen molar-refractivity contribution in [3.05, 3.63) is 0 Å². The van der Waals surface area contributed by atoms with E-state index in [0.29, 0.717) is 0 Å². The van der Waals surface area contributed by atoms with Crippen molar-refractivity contribution in [1.29, 1.82) is 0 Å². The average Bonchev–Trinajstić information content (AvgIpc) is 2.18. The summed E-state index contributed by atoms with van der Waals surface area (Å²) in [6.45, 7) is 0. The second kappa shape index (κ2) is 5.65. The molecular weight excluding hydrogens is 419 g/mol. The zero-order valence-corrected chi connectivity index (χ0v) is 10.5. The molecule has 0 rings (SSSR count). The number of hydrogen-bond donors (Lipinski definition) is 0. The molecular formula is C8HF17. The lowest BCUT2D eigenvalue weighted by atomic mass is 9.71. The van der Waals surface area contributed by atoms with Crippen molar-refractivity contribution in [3.63, 3.8) is 0 Å². The minimum Gasteiger partial charge on any atom is -0.220 e. The van der Waals surface area contributed by atoms with Crippen LogP contribution in [0, 0.1) is 5.41 Å². The molecule has 0 aromatic carbocycles. The Labute approximate surface area is 124 Å². The fourth-order valence-corrected chi connectivity index (χ4v) is 1.73. The van der Waals surface area contributed by atoms with E-state index in [1.54, 1.807) is 0 Å². The van der Waals surface area contributed by atoms with E-state index in [0.717, 1.165) is 0 Å². The van der Waals surface area contributed by atoms with Crippen molar-refractivity contribution in [2.45, 2.75) is 42.7 Å². The normalized spacial score (nSPS) is 18.5. The monoisotopic (exact) mass is 420 g/mol. The first-order chi connectivity index (χ1) is 10.4. The molecule has 25 heavy (non-hydrogen) atoms. The van der Waals surface area contributed by atoms with Crippen LogP contribution < -0.4 is 0 Å². The highest BCUT2D eigenvalue weighted by Crippen LogP contribution is 2.71. The van der Waals surface area contributed by atoms with Crippen LogP contribution in [0.2, 0.25) is 0 Å². The van der Waals surface area contributed by atoms with Crippen LogP contribution in [0.3, 0.4) is 0 Å². The molecule has 0 unspecified atom stereocenters. The molecule has 0 aromatic rings. The molecule has 0 radical (unpaired) electrons. The Bertz CT molecular complexity index is 435. The van der Waals surface area contributed by atoms with E-state index < -0.39 is 48.1 Å². The maximum absolute atomic E-state index is 13.3. The van der Waals surface area contributed by atoms with Gasteiger partial charge in [-0.3, -0.25) is 0 Å². The molecule has 152 valence electrons. The van der Waals surface area contributed by atoms with Crippen LogP contribution in [0.1, 0.15) is 0 Å². The zero-order chi connectivity index (χ0) is 21.1. The highest BCUT2D eigenvalue weighted by Gasteiger charge is 3.00. The summed E-state index contributed by atoms with van der Waals surface area (Å²) >= 11 is 0. The minimum absolute atomic E-state index is 6.44. The maximum Gasteiger partial charge on any atom is 0.434 e. The van der Waals surface area contributed by atoms with Crippen LogP contribution in [-0.4, -0.2) is 42.7 Å². The molecule has 0 aliphatic heterocycles. The summed E-state index contributed by atoms with van der Waals surface area (Å²) in [6.07, 6.45) is -39.6. The molecule has 0 saturated carbocycles. The topological polar surface area (TPSA) is 0 Å². The van der Waals surface area contributed by atoms with E-state index >= 15 is 0 Å². The zero-order valence-electron chi connectivity index (χ0n) is 10.5. The van der Waals surface area contributed by atoms with Gasteiger partial charge in [-0.05, 0) is 0 Å². The Kier molecular flexibility index (Phi) is 5.38. The lowest BCUT2D eigenvalue weighted by Crippen LogP contribution is -2.78. The lowest BCUT2D eigenvalue weighted by Gasteiger charge is -2.47. The van der Waals surface area contributed by atoms with Crippen LogP contribution in [0.4, 0.5) is 74.6 Å². The standard InChI is InChI=1S/C8HF17/c9-1(10)2(11,5(14,15)16)4(12,13)3(6(17,18)19,7(20,21)22)8(23,24)25/h1H/t2-/m0/s1. The molecule has 1 atom stereocenters. The summed E-state index contributed by atoms with van der Waals surface area (Å²) < 4.78 is 211. The third kappa shape index (κ3) is 2.86. The van der Waals surface area contributed by atoms with E-state index in [4.69, 9.17) is 0 Å². The summed E-state index contributed by atoms with van der Waals surface area (Å²) in [5.74, 6) is -8.79. The van der Waals surface area contributed by atoms with Crippen molar-refractivity contribution in [2.75, 3.05) is 0 Å². The van der Waals surface area contributed by atoms with Gasteiger partial charge in [0.2, 0.25) is 0 Å². The largest absolute Gasteiger partial charge is 0.434 e. The van der Waals surface area contributed by atoms with Crippen LogP contribution in [-0.2, 0) is 0 Å². The van der Waals surface area contributed by atoms with Gasteiger partial charge in [0.05, 0.1) is 0 Å². The van der Waals surface area contributed by atoms with E-state index in [9.17, 15) is 74.6 Å². The van der Waals surface area contributed by atoms with Gasteiger partial charge >= 0.3 is 41.7 Å². The smallest absolute Gasteiger partial charge is 0.220 e. The van der Waals surface area contributed by atoms with Crippen LogP contribution >= 0.6 is 0 Å². The molecule has 0 aromatic heterocycles. The number of rotatable bonds is 3. The number of hydrogen-bond acceptors (Lipinski definition) is 0. The number of halogens is 17. The summed E-state index contributed by atoms with van der Waals surface area (Å²) in [7, 11) is 0. The van der Waals surface area contributed by atoms with Gasteiger partial charge in [0, 0.05) is 0 Å². The first-order valence-electron chi connectivity index (χ1n) is 5.06. The van der Waals surface area contributed by atoms with Gasteiger partial charge in [-0.25, -0.2) is 22.0 Å². The SMILES string of the molecule is FC(F)[C@@](F)(C(F)(F)F)C(F)(F)C(C(F)(F)F)(C(F)(F)F)C(F)(F)F. The summed E-state index contributed by atoms with van der Waals surface area (Å²) in [5.41, 5.74) is -16.9. The van der Waals surface area contributed by atoms with Crippen LogP contribution in [0.15, 0.2) is 0 Å². The second-order valence-electron chi connectivity index (χ2n) is 4.33. The Morgan fingerprint density at radius 1 is 0.400 bits per heavy atom. The molecule has 0 spiro atoms. The third-order valence-electron chi connectivity index (χ3n) is 2.92. The van der Waals surface area contributed by atoms with Gasteiger partial charge in [-0.1, -0.05) is 0 Å². The predicted octanol–water partition coefficient (Wildman–Crippen LogP) is 5.83. The van der Waals surface area contributed by atoms with Crippen molar-refractivity contribution in [3.8, 4) is 0 Å². The Morgan fingerprint density at radius 2 is 0.640 bits per heavy atom. The maximum atomic E-state index is 13.3. The van der Waals surface area contributed by atoms with Crippen molar-refractivity contribution in [2.24, 2.45) is 5.41 Å².